The molecule has 0 heterocycles. The van der Waals surface area contributed by atoms with E-state index >= 15 is 0 Å². The average Bonchev–Trinajstić information content (AvgIpc) is 3.16. The highest BCUT2D eigenvalue weighted by Gasteiger charge is 2.08. The van der Waals surface area contributed by atoms with E-state index in [9.17, 15) is 19.2 Å². The van der Waals surface area contributed by atoms with E-state index in [1.54, 1.807) is 55.5 Å². The molecule has 53 heavy (non-hydrogen) atoms. The standard InChI is InChI=1S/C37H36O9.C6H14O/c1-4-34(38)43-25-9-7-6-8-24-42-30-16-10-28(11-17-30)15-23-37(41)46-33-21-20-32(26-27(33)3)45-36(40)22-14-29-12-18-31(19-13-29)44-35(39)5-2;1-3-5-7-6-4-2/h4-5,10-23,26H,1-2,6-9,24-25H2,3H3;3-6H2,1-2H3/b22-14+,23-15+;. The van der Waals surface area contributed by atoms with Gasteiger partial charge in [-0.25, -0.2) is 19.2 Å². The summed E-state index contributed by atoms with van der Waals surface area (Å²) in [7, 11) is 0. The lowest BCUT2D eigenvalue weighted by molar-refractivity contribution is -0.138. The second kappa shape index (κ2) is 26.1. The van der Waals surface area contributed by atoms with Gasteiger partial charge in [0.1, 0.15) is 23.0 Å². The first-order chi connectivity index (χ1) is 25.7. The van der Waals surface area contributed by atoms with Gasteiger partial charge in [0, 0.05) is 37.5 Å². The van der Waals surface area contributed by atoms with Crippen LogP contribution in [0, 0.1) is 6.92 Å². The number of carbonyl (C=O) groups excluding carboxylic acids is 4. The van der Waals surface area contributed by atoms with Gasteiger partial charge in [-0.1, -0.05) is 51.3 Å². The molecule has 3 aromatic carbocycles. The fraction of sp³-hybridized carbons (Fsp3) is 0.302. The smallest absolute Gasteiger partial charge is 0.336 e. The SMILES string of the molecule is C=CC(=O)OCCCCCCOc1ccc(/C=C/C(=O)Oc2ccc(OC(=O)/C=C/c3ccc(OC(=O)C=C)cc3)cc2C)cc1.CCCOCCC. The number of benzene rings is 3. The molecule has 0 radical (unpaired) electrons. The Bertz CT molecular complexity index is 1650. The van der Waals surface area contributed by atoms with Crippen molar-refractivity contribution in [3.63, 3.8) is 0 Å². The molecule has 0 spiro atoms. The van der Waals surface area contributed by atoms with Crippen LogP contribution in [0.2, 0.25) is 0 Å². The zero-order valence-corrected chi connectivity index (χ0v) is 30.9. The molecular weight excluding hydrogens is 676 g/mol. The van der Waals surface area contributed by atoms with Crippen LogP contribution in [-0.4, -0.2) is 50.3 Å². The Balaban J connectivity index is 0.00000126. The van der Waals surface area contributed by atoms with Crippen LogP contribution < -0.4 is 18.9 Å². The van der Waals surface area contributed by atoms with E-state index < -0.39 is 23.9 Å². The van der Waals surface area contributed by atoms with Gasteiger partial charge in [-0.2, -0.15) is 0 Å². The van der Waals surface area contributed by atoms with E-state index in [-0.39, 0.29) is 0 Å². The van der Waals surface area contributed by atoms with Crippen molar-refractivity contribution in [2.75, 3.05) is 26.4 Å². The Hall–Kier alpha value is -5.74. The fourth-order valence-corrected chi connectivity index (χ4v) is 4.27. The van der Waals surface area contributed by atoms with Gasteiger partial charge >= 0.3 is 23.9 Å². The minimum atomic E-state index is -0.591. The van der Waals surface area contributed by atoms with Crippen molar-refractivity contribution in [3.8, 4) is 23.0 Å². The molecule has 0 N–H and O–H groups in total. The zero-order chi connectivity index (χ0) is 38.7. The molecule has 3 aromatic rings. The number of aryl methyl sites for hydroxylation is 1. The number of carbonyl (C=O) groups is 4. The van der Waals surface area contributed by atoms with Crippen molar-refractivity contribution in [1.82, 2.24) is 0 Å². The number of ether oxygens (including phenoxy) is 6. The molecule has 0 unspecified atom stereocenters. The second-order valence-corrected chi connectivity index (χ2v) is 11.4. The van der Waals surface area contributed by atoms with E-state index in [1.165, 1.54) is 18.2 Å². The Morgan fingerprint density at radius 1 is 0.566 bits per heavy atom. The van der Waals surface area contributed by atoms with Crippen molar-refractivity contribution < 1.29 is 47.6 Å². The van der Waals surface area contributed by atoms with Gasteiger partial charge in [-0.15, -0.1) is 0 Å². The Kier molecular flexibility index (Phi) is 21.4. The molecule has 0 aliphatic carbocycles. The maximum Gasteiger partial charge on any atom is 0.336 e. The maximum atomic E-state index is 12.4. The Morgan fingerprint density at radius 3 is 1.62 bits per heavy atom. The Morgan fingerprint density at radius 2 is 1.08 bits per heavy atom. The number of esters is 4. The molecule has 0 saturated heterocycles. The summed E-state index contributed by atoms with van der Waals surface area (Å²) < 4.78 is 31.6. The van der Waals surface area contributed by atoms with Crippen molar-refractivity contribution in [1.29, 1.82) is 0 Å². The van der Waals surface area contributed by atoms with Crippen LogP contribution in [-0.2, 0) is 28.7 Å². The average molecular weight is 727 g/mol. The van der Waals surface area contributed by atoms with Crippen LogP contribution >= 0.6 is 0 Å². The van der Waals surface area contributed by atoms with Crippen LogP contribution in [0.5, 0.6) is 23.0 Å². The van der Waals surface area contributed by atoms with Gasteiger partial charge in [0.05, 0.1) is 13.2 Å². The van der Waals surface area contributed by atoms with Gasteiger partial charge < -0.3 is 28.4 Å². The third kappa shape index (κ3) is 19.4. The van der Waals surface area contributed by atoms with Crippen molar-refractivity contribution in [3.05, 3.63) is 121 Å². The Labute approximate surface area is 312 Å². The molecule has 0 amide bonds. The predicted molar refractivity (Wildman–Crippen MR) is 206 cm³/mol. The van der Waals surface area contributed by atoms with Crippen LogP contribution in [0.4, 0.5) is 0 Å². The van der Waals surface area contributed by atoms with Gasteiger partial charge in [0.15, 0.2) is 0 Å². The van der Waals surface area contributed by atoms with Crippen LogP contribution in [0.3, 0.4) is 0 Å². The van der Waals surface area contributed by atoms with E-state index in [0.717, 1.165) is 75.2 Å². The summed E-state index contributed by atoms with van der Waals surface area (Å²) in [5, 5.41) is 0. The van der Waals surface area contributed by atoms with Gasteiger partial charge in [0.2, 0.25) is 0 Å². The number of rotatable bonds is 21. The third-order valence-electron chi connectivity index (χ3n) is 6.96. The minimum absolute atomic E-state index is 0.294. The molecule has 0 aliphatic rings. The van der Waals surface area contributed by atoms with Crippen LogP contribution in [0.15, 0.2) is 104 Å². The number of hydrogen-bond donors (Lipinski definition) is 0. The first kappa shape index (κ1) is 43.4. The summed E-state index contributed by atoms with van der Waals surface area (Å²) in [6, 6.07) is 18.6. The molecule has 0 bridgehead atoms. The highest BCUT2D eigenvalue weighted by molar-refractivity contribution is 5.90. The van der Waals surface area contributed by atoms with E-state index in [4.69, 9.17) is 28.4 Å². The van der Waals surface area contributed by atoms with E-state index in [2.05, 4.69) is 27.0 Å². The molecule has 0 saturated carbocycles. The predicted octanol–water partition coefficient (Wildman–Crippen LogP) is 8.82. The lowest BCUT2D eigenvalue weighted by Gasteiger charge is -2.08. The van der Waals surface area contributed by atoms with Crippen LogP contribution in [0.25, 0.3) is 12.2 Å². The van der Waals surface area contributed by atoms with Crippen molar-refractivity contribution >= 4 is 36.0 Å². The molecule has 0 fully saturated rings. The summed E-state index contributed by atoms with van der Waals surface area (Å²) in [6.07, 6.45) is 13.9. The van der Waals surface area contributed by atoms with Crippen LogP contribution in [0.1, 0.15) is 69.1 Å². The largest absolute Gasteiger partial charge is 0.494 e. The summed E-state index contributed by atoms with van der Waals surface area (Å²) in [6.45, 7) is 15.5. The highest BCUT2D eigenvalue weighted by Crippen LogP contribution is 2.24. The second-order valence-electron chi connectivity index (χ2n) is 11.4. The summed E-state index contributed by atoms with van der Waals surface area (Å²) in [4.78, 5) is 46.9. The first-order valence-corrected chi connectivity index (χ1v) is 17.6. The quantitative estimate of drug-likeness (QED) is 0.0455. The van der Waals surface area contributed by atoms with E-state index in [1.807, 2.05) is 24.3 Å². The lowest BCUT2D eigenvalue weighted by Crippen LogP contribution is -2.06. The monoisotopic (exact) mass is 726 g/mol. The molecule has 0 aliphatic heterocycles. The van der Waals surface area contributed by atoms with Gasteiger partial charge in [0.25, 0.3) is 0 Å². The van der Waals surface area contributed by atoms with Crippen molar-refractivity contribution in [2.45, 2.75) is 59.3 Å². The number of hydrogen-bond acceptors (Lipinski definition) is 10. The topological polar surface area (TPSA) is 124 Å². The maximum absolute atomic E-state index is 12.4. The molecule has 282 valence electrons. The molecular formula is C43H50O10. The first-order valence-electron chi connectivity index (χ1n) is 17.6. The van der Waals surface area contributed by atoms with Crippen molar-refractivity contribution in [2.24, 2.45) is 0 Å². The lowest BCUT2D eigenvalue weighted by atomic mass is 10.2. The molecule has 3 rings (SSSR count). The molecule has 10 heteroatoms. The zero-order valence-electron chi connectivity index (χ0n) is 30.9. The third-order valence-corrected chi connectivity index (χ3v) is 6.96. The summed E-state index contributed by atoms with van der Waals surface area (Å²) >= 11 is 0. The molecule has 0 atom stereocenters. The van der Waals surface area contributed by atoms with Gasteiger partial charge in [-0.3, -0.25) is 0 Å². The normalized spacial score (nSPS) is 10.5. The summed E-state index contributed by atoms with van der Waals surface area (Å²) in [5.41, 5.74) is 2.12. The van der Waals surface area contributed by atoms with Gasteiger partial charge in [-0.05, 0) is 117 Å². The highest BCUT2D eigenvalue weighted by atomic mass is 16.5. The summed E-state index contributed by atoms with van der Waals surface area (Å²) in [5.74, 6) is -0.383. The molecule has 10 nitrogen and oxygen atoms in total. The molecule has 0 aromatic heterocycles. The van der Waals surface area contributed by atoms with E-state index in [0.29, 0.717) is 41.6 Å². The number of unbranched alkanes of at least 4 members (excludes halogenated alkanes) is 3. The fourth-order valence-electron chi connectivity index (χ4n) is 4.27. The minimum Gasteiger partial charge on any atom is -0.494 e.